The molecule has 0 unspecified atom stereocenters. The zero-order valence-corrected chi connectivity index (χ0v) is 14.4. The average molecular weight is 372 g/mol. The second-order valence-electron chi connectivity index (χ2n) is 5.20. The predicted molar refractivity (Wildman–Crippen MR) is 95.4 cm³/mol. The van der Waals surface area contributed by atoms with E-state index in [1.165, 1.54) is 23.5 Å². The molecule has 0 spiro atoms. The molecule has 0 saturated carbocycles. The molecule has 0 atom stereocenters. The second-order valence-corrected chi connectivity index (χ2v) is 6.75. The number of halogens is 2. The molecule has 0 bridgehead atoms. The molecule has 4 nitrogen and oxygen atoms in total. The molecule has 1 heterocycles. The summed E-state index contributed by atoms with van der Waals surface area (Å²) < 4.78 is 13.7. The van der Waals surface area contributed by atoms with E-state index in [9.17, 15) is 9.18 Å². The summed E-state index contributed by atoms with van der Waals surface area (Å²) in [4.78, 5) is 17.2. The summed E-state index contributed by atoms with van der Waals surface area (Å²) >= 11 is 7.11. The van der Waals surface area contributed by atoms with Gasteiger partial charge in [-0.2, -0.15) is 5.26 Å². The maximum atomic E-state index is 13.7. The number of benzene rings is 2. The Morgan fingerprint density at radius 3 is 2.76 bits per heavy atom. The fourth-order valence-corrected chi connectivity index (χ4v) is 3.20. The Balaban J connectivity index is 1.69. The van der Waals surface area contributed by atoms with Gasteiger partial charge >= 0.3 is 0 Å². The van der Waals surface area contributed by atoms with Crippen LogP contribution in [0.4, 0.5) is 9.52 Å². The van der Waals surface area contributed by atoms with Crippen molar-refractivity contribution in [2.75, 3.05) is 5.32 Å². The highest BCUT2D eigenvalue weighted by atomic mass is 35.5. The minimum atomic E-state index is -0.642. The van der Waals surface area contributed by atoms with E-state index in [1.54, 1.807) is 18.3 Å². The number of hydrogen-bond acceptors (Lipinski definition) is 4. The molecule has 1 N–H and O–H groups in total. The molecule has 3 aromatic rings. The van der Waals surface area contributed by atoms with Crippen molar-refractivity contribution in [1.29, 1.82) is 5.26 Å². The van der Waals surface area contributed by atoms with E-state index in [4.69, 9.17) is 16.9 Å². The number of thiazole rings is 1. The number of rotatable bonds is 4. The van der Waals surface area contributed by atoms with Gasteiger partial charge in [0.05, 0.1) is 17.2 Å². The first-order chi connectivity index (χ1) is 12.0. The van der Waals surface area contributed by atoms with Crippen molar-refractivity contribution in [3.63, 3.8) is 0 Å². The van der Waals surface area contributed by atoms with Gasteiger partial charge in [-0.3, -0.25) is 10.1 Å². The summed E-state index contributed by atoms with van der Waals surface area (Å²) in [7, 11) is 0. The van der Waals surface area contributed by atoms with Crippen LogP contribution in [0.2, 0.25) is 5.02 Å². The second kappa shape index (κ2) is 7.43. The number of anilines is 1. The van der Waals surface area contributed by atoms with Crippen LogP contribution < -0.4 is 5.32 Å². The Bertz CT molecular complexity index is 963. The van der Waals surface area contributed by atoms with E-state index in [0.29, 0.717) is 17.1 Å². The fourth-order valence-electron chi connectivity index (χ4n) is 2.18. The van der Waals surface area contributed by atoms with E-state index < -0.39 is 11.7 Å². The molecule has 7 heteroatoms. The quantitative estimate of drug-likeness (QED) is 0.725. The average Bonchev–Trinajstić information content (AvgIpc) is 3.04. The smallest absolute Gasteiger partial charge is 0.260 e. The van der Waals surface area contributed by atoms with E-state index in [2.05, 4.69) is 16.4 Å². The van der Waals surface area contributed by atoms with Crippen LogP contribution in [0.3, 0.4) is 0 Å². The lowest BCUT2D eigenvalue weighted by Crippen LogP contribution is -2.13. The van der Waals surface area contributed by atoms with Gasteiger partial charge in [0.25, 0.3) is 5.91 Å². The molecule has 124 valence electrons. The SMILES string of the molecule is N#Cc1ccc(Cc2cnc(NC(=O)c3cc(Cl)ccc3F)s2)cc1. The largest absolute Gasteiger partial charge is 0.298 e. The van der Waals surface area contributed by atoms with Gasteiger partial charge in [0, 0.05) is 22.5 Å². The Kier molecular flexibility index (Phi) is 5.08. The number of hydrogen-bond donors (Lipinski definition) is 1. The molecular formula is C18H11ClFN3OS. The van der Waals surface area contributed by atoms with Crippen molar-refractivity contribution in [3.8, 4) is 6.07 Å². The predicted octanol–water partition coefficient (Wildman–Crippen LogP) is 4.65. The van der Waals surface area contributed by atoms with Crippen molar-refractivity contribution in [3.05, 3.63) is 81.1 Å². The van der Waals surface area contributed by atoms with Crippen molar-refractivity contribution in [2.24, 2.45) is 0 Å². The molecule has 0 aliphatic carbocycles. The summed E-state index contributed by atoms with van der Waals surface area (Å²) in [6, 6.07) is 13.1. The third-order valence-electron chi connectivity index (χ3n) is 3.41. The third kappa shape index (κ3) is 4.21. The molecule has 1 aromatic heterocycles. The van der Waals surface area contributed by atoms with Gasteiger partial charge in [0.15, 0.2) is 5.13 Å². The van der Waals surface area contributed by atoms with Crippen LogP contribution in [-0.2, 0) is 6.42 Å². The number of nitrogens with one attached hydrogen (secondary N) is 1. The van der Waals surface area contributed by atoms with Gasteiger partial charge in [0.1, 0.15) is 5.82 Å². The molecule has 2 aromatic carbocycles. The maximum absolute atomic E-state index is 13.7. The minimum absolute atomic E-state index is 0.128. The van der Waals surface area contributed by atoms with Gasteiger partial charge in [0.2, 0.25) is 0 Å². The van der Waals surface area contributed by atoms with Gasteiger partial charge < -0.3 is 0 Å². The fraction of sp³-hybridized carbons (Fsp3) is 0.0556. The summed E-state index contributed by atoms with van der Waals surface area (Å²) in [6.07, 6.45) is 2.29. The monoisotopic (exact) mass is 371 g/mol. The highest BCUT2D eigenvalue weighted by Gasteiger charge is 2.14. The lowest BCUT2D eigenvalue weighted by atomic mass is 10.1. The Morgan fingerprint density at radius 1 is 1.28 bits per heavy atom. The van der Waals surface area contributed by atoms with E-state index >= 15 is 0 Å². The van der Waals surface area contributed by atoms with Crippen LogP contribution in [0.5, 0.6) is 0 Å². The van der Waals surface area contributed by atoms with Crippen LogP contribution >= 0.6 is 22.9 Å². The Labute approximate surface area is 152 Å². The van der Waals surface area contributed by atoms with Crippen LogP contribution in [0, 0.1) is 17.1 Å². The van der Waals surface area contributed by atoms with Crippen molar-refractivity contribution < 1.29 is 9.18 Å². The van der Waals surface area contributed by atoms with Gasteiger partial charge in [-0.15, -0.1) is 11.3 Å². The first-order valence-electron chi connectivity index (χ1n) is 7.25. The summed E-state index contributed by atoms with van der Waals surface area (Å²) in [5.74, 6) is -1.24. The molecule has 0 aliphatic rings. The Hall–Kier alpha value is -2.75. The zero-order valence-electron chi connectivity index (χ0n) is 12.8. The van der Waals surface area contributed by atoms with Crippen LogP contribution in [0.25, 0.3) is 0 Å². The van der Waals surface area contributed by atoms with Gasteiger partial charge in [-0.25, -0.2) is 9.37 Å². The van der Waals surface area contributed by atoms with Crippen LogP contribution in [-0.4, -0.2) is 10.9 Å². The minimum Gasteiger partial charge on any atom is -0.298 e. The first kappa shape index (κ1) is 17.1. The standard InChI is InChI=1S/C18H11ClFN3OS/c19-13-5-6-16(20)15(8-13)17(24)23-18-22-10-14(25-18)7-11-1-3-12(9-21)4-2-11/h1-6,8,10H,7H2,(H,22,23,24). The lowest BCUT2D eigenvalue weighted by molar-refractivity contribution is 0.102. The number of carbonyl (C=O) groups excluding carboxylic acids is 1. The number of carbonyl (C=O) groups is 1. The molecule has 0 fully saturated rings. The molecule has 0 radical (unpaired) electrons. The highest BCUT2D eigenvalue weighted by molar-refractivity contribution is 7.15. The molecular weight excluding hydrogens is 361 g/mol. The van der Waals surface area contributed by atoms with E-state index in [0.717, 1.165) is 16.5 Å². The third-order valence-corrected chi connectivity index (χ3v) is 4.56. The molecule has 25 heavy (non-hydrogen) atoms. The molecule has 0 saturated heterocycles. The molecule has 0 aliphatic heterocycles. The number of amides is 1. The van der Waals surface area contributed by atoms with E-state index in [1.807, 2.05) is 12.1 Å². The van der Waals surface area contributed by atoms with Crippen LogP contribution in [0.1, 0.15) is 26.4 Å². The normalized spacial score (nSPS) is 10.3. The topological polar surface area (TPSA) is 65.8 Å². The molecule has 1 amide bonds. The lowest BCUT2D eigenvalue weighted by Gasteiger charge is -2.03. The number of nitrogens with zero attached hydrogens (tertiary/aromatic N) is 2. The zero-order chi connectivity index (χ0) is 17.8. The summed E-state index contributed by atoms with van der Waals surface area (Å²) in [5.41, 5.74) is 1.50. The summed E-state index contributed by atoms with van der Waals surface area (Å²) in [5, 5.41) is 12.0. The van der Waals surface area contributed by atoms with Gasteiger partial charge in [-0.1, -0.05) is 23.7 Å². The number of nitriles is 1. The Morgan fingerprint density at radius 2 is 2.04 bits per heavy atom. The first-order valence-corrected chi connectivity index (χ1v) is 8.45. The summed E-state index contributed by atoms with van der Waals surface area (Å²) in [6.45, 7) is 0. The maximum Gasteiger partial charge on any atom is 0.260 e. The number of aromatic nitrogens is 1. The van der Waals surface area contributed by atoms with Crippen molar-refractivity contribution in [1.82, 2.24) is 4.98 Å². The van der Waals surface area contributed by atoms with Crippen molar-refractivity contribution in [2.45, 2.75) is 6.42 Å². The van der Waals surface area contributed by atoms with Gasteiger partial charge in [-0.05, 0) is 35.9 Å². The highest BCUT2D eigenvalue weighted by Crippen LogP contribution is 2.23. The molecule has 3 rings (SSSR count). The van der Waals surface area contributed by atoms with Crippen molar-refractivity contribution >= 4 is 34.0 Å². The van der Waals surface area contributed by atoms with E-state index in [-0.39, 0.29) is 10.6 Å². The van der Waals surface area contributed by atoms with Crippen LogP contribution in [0.15, 0.2) is 48.7 Å².